The Morgan fingerprint density at radius 2 is 0.348 bits per heavy atom. The molecule has 0 saturated carbocycles. The third-order valence-corrected chi connectivity index (χ3v) is 30.7. The van der Waals surface area contributed by atoms with E-state index in [0.717, 1.165) is 128 Å². The van der Waals surface area contributed by atoms with Crippen molar-refractivity contribution in [3.63, 3.8) is 0 Å². The van der Waals surface area contributed by atoms with Crippen LogP contribution in [0.2, 0.25) is 0 Å². The minimum Gasteiger partial charge on any atom is -0.448 e. The molecular formula is C136H236N2. The van der Waals surface area contributed by atoms with E-state index in [9.17, 15) is 5.84 Å². The fourth-order valence-corrected chi connectivity index (χ4v) is 21.5. The molecule has 0 aromatic heterocycles. The third-order valence-electron chi connectivity index (χ3n) is 30.7. The van der Waals surface area contributed by atoms with E-state index in [1.165, 1.54) is 602 Å². The number of hydrogen-bond acceptors (Lipinski definition) is 0. The molecule has 2 aromatic carbocycles. The molecule has 0 fully saturated rings. The topological polar surface area (TPSA) is 26.8 Å². The Hall–Kier alpha value is -4.37. The summed E-state index contributed by atoms with van der Waals surface area (Å²) in [4.78, 5) is 0. The van der Waals surface area contributed by atoms with Gasteiger partial charge in [-0.2, -0.15) is 0 Å². The van der Waals surface area contributed by atoms with Gasteiger partial charge in [-0.15, -0.1) is 0 Å². The molecule has 2 nitrogen and oxygen atoms in total. The van der Waals surface area contributed by atoms with Crippen LogP contribution in [-0.4, -0.2) is 10.4 Å². The molecule has 138 heavy (non-hydrogen) atoms. The van der Waals surface area contributed by atoms with Crippen molar-refractivity contribution >= 4 is 11.4 Å². The van der Waals surface area contributed by atoms with Gasteiger partial charge in [-0.25, -0.2) is 4.68 Å². The number of benzene rings is 2. The van der Waals surface area contributed by atoms with Crippen LogP contribution in [0.15, 0.2) is 53.6 Å². The second kappa shape index (κ2) is 104. The highest BCUT2D eigenvalue weighted by atomic mass is 15.3. The highest BCUT2D eigenvalue weighted by molar-refractivity contribution is 6.16. The highest BCUT2D eigenvalue weighted by Crippen LogP contribution is 2.40. The van der Waals surface area contributed by atoms with E-state index >= 15 is 0 Å². The standard InChI is InChI=1S/C136H236N2/c1-7-13-19-24-29-33-37-41-45-49-53-57-61-65-69-73-77-81-85-89-93-97-101-105-110-115-127-121-128(116-111-106-102-98-94-90-86-82-78-74-70-66-62-58-54-50-46-42-38-34-30-25-20-14-8-2)124-131(123-127)135-133(119-18-12-6)134(120-114-109-28-23-17-11-5)136(138(135)137)132-125-129(117-112-107-103-99-95-91-87-83-79-75-71-67-63-59-55-51-47-43-39-35-31-26-21-15-9-3)122-130(126-132)118-113-108-104-100-96-92-88-84-80-76-72-68-64-60-56-52-48-44-40-36-32-27-22-16-10-4/h120-126,137H,7-109,114,119H2,1-6H3. The van der Waals surface area contributed by atoms with Gasteiger partial charge in [0.05, 0.1) is 5.57 Å². The van der Waals surface area contributed by atoms with Crippen molar-refractivity contribution in [2.24, 2.45) is 0 Å². The van der Waals surface area contributed by atoms with Crippen LogP contribution in [0.4, 0.5) is 0 Å². The van der Waals surface area contributed by atoms with Gasteiger partial charge in [0.15, 0.2) is 0 Å². The molecular weight excluding hydrogens is 1660 g/mol. The monoisotopic (exact) mass is 1900 g/mol. The van der Waals surface area contributed by atoms with E-state index in [-0.39, 0.29) is 0 Å². The zero-order valence-corrected chi connectivity index (χ0v) is 94.2. The summed E-state index contributed by atoms with van der Waals surface area (Å²) in [5, 5.41) is 0. The molecule has 0 radical (unpaired) electrons. The molecule has 790 valence electrons. The summed E-state index contributed by atoms with van der Waals surface area (Å²) >= 11 is 0. The van der Waals surface area contributed by atoms with E-state index in [4.69, 9.17) is 0 Å². The van der Waals surface area contributed by atoms with E-state index < -0.39 is 0 Å². The first kappa shape index (κ1) is 128. The van der Waals surface area contributed by atoms with Crippen LogP contribution in [-0.2, 0) is 0 Å². The Morgan fingerprint density at radius 1 is 0.188 bits per heavy atom. The van der Waals surface area contributed by atoms with E-state index in [2.05, 4.69) is 131 Å². The number of unbranched alkanes of at least 4 members (excludes halogenated alkanes) is 98. The smallest absolute Gasteiger partial charge is 0.215 e. The van der Waals surface area contributed by atoms with Gasteiger partial charge < -0.3 is 5.84 Å². The normalized spacial score (nSPS) is 12.3. The SMILES string of the molecule is CCCCCCCC=C1C(CCCC)=C(c2cc(C#CCCCCCCCCCCCCCCCCCCCCCCCCC)cc(C#CCCCCCCCCCCCCCCCCCCCCCCCCC)c2)[N+]([NH-])=C1c1cc(C#CCCCCCCCCCCCCCCCCCCCCCCCCC)cc(C#CCCCCCCCCCCCCCCCCCCCCCCCCC)c1. The van der Waals surface area contributed by atoms with Gasteiger partial charge in [0.2, 0.25) is 11.4 Å². The maximum Gasteiger partial charge on any atom is 0.215 e. The Kier molecular flexibility index (Phi) is 96.3. The maximum atomic E-state index is 10.7. The van der Waals surface area contributed by atoms with Crippen molar-refractivity contribution < 1.29 is 4.68 Å². The summed E-state index contributed by atoms with van der Waals surface area (Å²) in [6, 6.07) is 13.9. The summed E-state index contributed by atoms with van der Waals surface area (Å²) in [5.41, 5.74) is 10.8. The molecule has 0 spiro atoms. The van der Waals surface area contributed by atoms with Gasteiger partial charge in [0.1, 0.15) is 0 Å². The van der Waals surface area contributed by atoms with Crippen molar-refractivity contribution in [2.75, 3.05) is 0 Å². The maximum absolute atomic E-state index is 10.7. The highest BCUT2D eigenvalue weighted by Gasteiger charge is 2.36. The van der Waals surface area contributed by atoms with Crippen molar-refractivity contribution in [1.29, 1.82) is 0 Å². The van der Waals surface area contributed by atoms with Crippen LogP contribution < -0.4 is 0 Å². The van der Waals surface area contributed by atoms with Crippen LogP contribution >= 0.6 is 0 Å². The van der Waals surface area contributed by atoms with Crippen molar-refractivity contribution in [2.45, 2.75) is 716 Å². The first-order chi connectivity index (χ1) is 68.5. The molecule has 1 aliphatic heterocycles. The van der Waals surface area contributed by atoms with Gasteiger partial charge in [-0.05, 0) is 87.8 Å². The Bertz CT molecular complexity index is 3160. The number of rotatable bonds is 103. The average molecular weight is 1900 g/mol. The number of nitrogens with zero attached hydrogens (tertiary/aromatic N) is 1. The molecule has 0 bridgehead atoms. The fraction of sp³-hybridized carbons (Fsp3) is 0.816. The van der Waals surface area contributed by atoms with Gasteiger partial charge in [-0.3, -0.25) is 0 Å². The van der Waals surface area contributed by atoms with E-state index in [1.807, 2.05) is 4.68 Å². The molecule has 0 atom stereocenters. The van der Waals surface area contributed by atoms with Crippen LogP contribution in [0, 0.1) is 47.4 Å². The summed E-state index contributed by atoms with van der Waals surface area (Å²) < 4.78 is 1.85. The van der Waals surface area contributed by atoms with Gasteiger partial charge in [0.25, 0.3) is 0 Å². The average Bonchev–Trinajstić information content (AvgIpc) is 1.60. The second-order valence-corrected chi connectivity index (χ2v) is 44.4. The Labute approximate surface area is 866 Å². The fourth-order valence-electron chi connectivity index (χ4n) is 21.5. The van der Waals surface area contributed by atoms with Crippen molar-refractivity contribution in [3.8, 4) is 47.4 Å². The van der Waals surface area contributed by atoms with E-state index in [0.29, 0.717) is 0 Å². The summed E-state index contributed by atoms with van der Waals surface area (Å²) in [6.45, 7) is 13.9. The first-order valence-electron chi connectivity index (χ1n) is 63.6. The number of nitrogens with one attached hydrogen (secondary N) is 1. The molecule has 0 unspecified atom stereocenters. The van der Waals surface area contributed by atoms with Gasteiger partial charge >= 0.3 is 0 Å². The second-order valence-electron chi connectivity index (χ2n) is 44.4. The van der Waals surface area contributed by atoms with Crippen LogP contribution in [0.25, 0.3) is 11.5 Å². The van der Waals surface area contributed by atoms with Crippen LogP contribution in [0.5, 0.6) is 0 Å². The van der Waals surface area contributed by atoms with Crippen molar-refractivity contribution in [1.82, 2.24) is 0 Å². The predicted octanol–water partition coefficient (Wildman–Crippen LogP) is 47.3. The van der Waals surface area contributed by atoms with Gasteiger partial charge in [0, 0.05) is 64.6 Å². The van der Waals surface area contributed by atoms with Crippen molar-refractivity contribution in [3.05, 3.63) is 92.8 Å². The predicted molar refractivity (Wildman–Crippen MR) is 623 cm³/mol. The van der Waals surface area contributed by atoms with Crippen LogP contribution in [0.1, 0.15) is 749 Å². The molecule has 1 heterocycles. The molecule has 3 rings (SSSR count). The van der Waals surface area contributed by atoms with Crippen LogP contribution in [0.3, 0.4) is 0 Å². The molecule has 0 saturated heterocycles. The van der Waals surface area contributed by atoms with E-state index in [1.54, 1.807) is 0 Å². The lowest BCUT2D eigenvalue weighted by atomic mass is 9.90. The molecule has 1 aliphatic rings. The molecule has 0 aliphatic carbocycles. The number of allylic oxidation sites excluding steroid dienone is 3. The number of hydrogen-bond donors (Lipinski definition) is 0. The zero-order valence-electron chi connectivity index (χ0n) is 94.2. The largest absolute Gasteiger partial charge is 0.448 e. The zero-order chi connectivity index (χ0) is 98.2. The summed E-state index contributed by atoms with van der Waals surface area (Å²) in [5.74, 6) is 40.5. The third kappa shape index (κ3) is 79.9. The lowest BCUT2D eigenvalue weighted by Crippen LogP contribution is -2.12. The lowest BCUT2D eigenvalue weighted by molar-refractivity contribution is -0.347. The first-order valence-corrected chi connectivity index (χ1v) is 63.6. The quantitative estimate of drug-likeness (QED) is 0.0359. The molecule has 2 aromatic rings. The molecule has 0 amide bonds. The Balaban J connectivity index is 1.79. The summed E-state index contributed by atoms with van der Waals surface area (Å²) in [6.07, 6.45) is 146. The molecule has 2 heteroatoms. The summed E-state index contributed by atoms with van der Waals surface area (Å²) in [7, 11) is 0. The minimum atomic E-state index is 0.922. The van der Waals surface area contributed by atoms with Gasteiger partial charge in [-0.1, -0.05) is 692 Å². The minimum absolute atomic E-state index is 0.922. The Morgan fingerprint density at radius 3 is 0.529 bits per heavy atom. The molecule has 1 N–H and O–H groups in total. The lowest BCUT2D eigenvalue weighted by Gasteiger charge is -2.10.